The van der Waals surface area contributed by atoms with E-state index in [0.29, 0.717) is 13.0 Å². The molecule has 1 atom stereocenters. The third-order valence-corrected chi connectivity index (χ3v) is 5.51. The molecule has 1 N–H and O–H groups in total. The minimum Gasteiger partial charge on any atom is -0.496 e. The Morgan fingerprint density at radius 3 is 2.62 bits per heavy atom. The molecule has 0 aliphatic carbocycles. The van der Waals surface area contributed by atoms with Crippen LogP contribution in [0.3, 0.4) is 0 Å². The number of sulfonamides is 1. The normalized spacial score (nSPS) is 13.4. The van der Waals surface area contributed by atoms with Crippen molar-refractivity contribution in [2.45, 2.75) is 26.3 Å². The second kappa shape index (κ2) is 8.36. The van der Waals surface area contributed by atoms with Crippen LogP contribution in [0.4, 0.5) is 0 Å². The van der Waals surface area contributed by atoms with E-state index in [1.165, 1.54) is 4.31 Å². The summed E-state index contributed by atoms with van der Waals surface area (Å²) in [5.74, 6) is 0.913. The predicted molar refractivity (Wildman–Crippen MR) is 86.3 cm³/mol. The van der Waals surface area contributed by atoms with Gasteiger partial charge in [-0.05, 0) is 31.5 Å². The van der Waals surface area contributed by atoms with Crippen molar-refractivity contribution in [3.63, 3.8) is 0 Å². The average Bonchev–Trinajstić information content (AvgIpc) is 2.47. The molecular weight excluding hydrogens is 288 g/mol. The molecule has 0 heterocycles. The zero-order chi connectivity index (χ0) is 15.9. The Hall–Kier alpha value is -1.11. The van der Waals surface area contributed by atoms with Crippen molar-refractivity contribution in [1.82, 2.24) is 9.62 Å². The van der Waals surface area contributed by atoms with Gasteiger partial charge in [0.2, 0.25) is 10.0 Å². The van der Waals surface area contributed by atoms with E-state index in [1.807, 2.05) is 38.1 Å². The van der Waals surface area contributed by atoms with Gasteiger partial charge >= 0.3 is 0 Å². The van der Waals surface area contributed by atoms with Crippen LogP contribution in [-0.2, 0) is 16.4 Å². The molecule has 0 aliphatic rings. The first kappa shape index (κ1) is 17.9. The van der Waals surface area contributed by atoms with Crippen LogP contribution in [0.5, 0.6) is 5.75 Å². The summed E-state index contributed by atoms with van der Waals surface area (Å²) in [6.45, 7) is 5.12. The molecule has 21 heavy (non-hydrogen) atoms. The number of methoxy groups -OCH3 is 1. The molecule has 0 radical (unpaired) electrons. The number of hydrogen-bond donors (Lipinski definition) is 1. The van der Waals surface area contributed by atoms with Gasteiger partial charge in [0.25, 0.3) is 0 Å². The van der Waals surface area contributed by atoms with Crippen LogP contribution in [0, 0.1) is 0 Å². The van der Waals surface area contributed by atoms with Gasteiger partial charge in [0.15, 0.2) is 0 Å². The lowest BCUT2D eigenvalue weighted by Gasteiger charge is -2.25. The molecule has 1 unspecified atom stereocenters. The minimum absolute atomic E-state index is 0.118. The van der Waals surface area contributed by atoms with E-state index >= 15 is 0 Å². The maximum Gasteiger partial charge on any atom is 0.215 e. The summed E-state index contributed by atoms with van der Waals surface area (Å²) >= 11 is 0. The first-order valence-corrected chi connectivity index (χ1v) is 8.81. The van der Waals surface area contributed by atoms with Crippen LogP contribution < -0.4 is 10.1 Å². The highest BCUT2D eigenvalue weighted by Gasteiger charge is 2.23. The zero-order valence-corrected chi connectivity index (χ0v) is 14.1. The Kier molecular flexibility index (Phi) is 7.14. The van der Waals surface area contributed by atoms with E-state index < -0.39 is 10.0 Å². The van der Waals surface area contributed by atoms with Gasteiger partial charge in [0.1, 0.15) is 5.75 Å². The molecule has 0 bridgehead atoms. The quantitative estimate of drug-likeness (QED) is 0.702. The maximum absolute atomic E-state index is 12.2. The molecule has 0 aromatic heterocycles. The first-order valence-electron chi connectivity index (χ1n) is 7.20. The Balaban J connectivity index is 2.71. The highest BCUT2D eigenvalue weighted by atomic mass is 32.2. The monoisotopic (exact) mass is 314 g/mol. The second-order valence-corrected chi connectivity index (χ2v) is 7.20. The SMILES string of the molecule is CCNCCS(=O)(=O)N(C)C(C)Cc1ccccc1OC. The topological polar surface area (TPSA) is 58.6 Å². The number of para-hydroxylation sites is 1. The standard InChI is InChI=1S/C15H26N2O3S/c1-5-16-10-11-21(18,19)17(3)13(2)12-14-8-6-7-9-15(14)20-4/h6-9,13,16H,5,10-12H2,1-4H3. The summed E-state index contributed by atoms with van der Waals surface area (Å²) in [6.07, 6.45) is 0.626. The van der Waals surface area contributed by atoms with Gasteiger partial charge in [-0.25, -0.2) is 12.7 Å². The molecule has 120 valence electrons. The van der Waals surface area contributed by atoms with Crippen LogP contribution in [0.25, 0.3) is 0 Å². The summed E-state index contributed by atoms with van der Waals surface area (Å²) in [5.41, 5.74) is 1.02. The van der Waals surface area contributed by atoms with Gasteiger partial charge in [0, 0.05) is 19.6 Å². The van der Waals surface area contributed by atoms with E-state index in [1.54, 1.807) is 14.2 Å². The number of rotatable bonds is 9. The Morgan fingerprint density at radius 2 is 2.00 bits per heavy atom. The number of likely N-dealkylation sites (N-methyl/N-ethyl adjacent to an activating group) is 1. The number of nitrogens with one attached hydrogen (secondary N) is 1. The van der Waals surface area contributed by atoms with Gasteiger partial charge in [-0.2, -0.15) is 0 Å². The molecule has 0 saturated heterocycles. The Morgan fingerprint density at radius 1 is 1.33 bits per heavy atom. The first-order chi connectivity index (χ1) is 9.92. The smallest absolute Gasteiger partial charge is 0.215 e. The lowest BCUT2D eigenvalue weighted by atomic mass is 10.1. The van der Waals surface area contributed by atoms with Crippen molar-refractivity contribution >= 4 is 10.0 Å². The molecule has 1 aromatic rings. The lowest BCUT2D eigenvalue weighted by Crippen LogP contribution is -2.40. The molecule has 5 nitrogen and oxygen atoms in total. The predicted octanol–water partition coefficient (Wildman–Crippen LogP) is 1.50. The Bertz CT molecular complexity index is 531. The van der Waals surface area contributed by atoms with Gasteiger partial charge < -0.3 is 10.1 Å². The number of nitrogens with zero attached hydrogens (tertiary/aromatic N) is 1. The molecular formula is C15H26N2O3S. The van der Waals surface area contributed by atoms with Crippen LogP contribution in [0.15, 0.2) is 24.3 Å². The van der Waals surface area contributed by atoms with Crippen molar-refractivity contribution in [1.29, 1.82) is 0 Å². The van der Waals surface area contributed by atoms with Crippen molar-refractivity contribution in [2.24, 2.45) is 0 Å². The fourth-order valence-electron chi connectivity index (χ4n) is 2.11. The molecule has 6 heteroatoms. The van der Waals surface area contributed by atoms with Gasteiger partial charge in [-0.15, -0.1) is 0 Å². The summed E-state index contributed by atoms with van der Waals surface area (Å²) in [6, 6.07) is 7.58. The summed E-state index contributed by atoms with van der Waals surface area (Å²) in [4.78, 5) is 0. The molecule has 0 amide bonds. The van der Waals surface area contributed by atoms with E-state index in [-0.39, 0.29) is 11.8 Å². The Labute approximate surface area is 128 Å². The summed E-state index contributed by atoms with van der Waals surface area (Å²) in [5, 5.41) is 3.04. The van der Waals surface area contributed by atoms with E-state index in [9.17, 15) is 8.42 Å². The van der Waals surface area contributed by atoms with Crippen molar-refractivity contribution in [3.05, 3.63) is 29.8 Å². The fraction of sp³-hybridized carbons (Fsp3) is 0.600. The molecule has 0 fully saturated rings. The number of ether oxygens (including phenoxy) is 1. The van der Waals surface area contributed by atoms with Gasteiger partial charge in [0.05, 0.1) is 12.9 Å². The number of hydrogen-bond acceptors (Lipinski definition) is 4. The largest absolute Gasteiger partial charge is 0.496 e. The van der Waals surface area contributed by atoms with Crippen LogP contribution in [0.1, 0.15) is 19.4 Å². The number of benzene rings is 1. The summed E-state index contributed by atoms with van der Waals surface area (Å²) in [7, 11) is 0.0242. The minimum atomic E-state index is -3.24. The molecule has 0 spiro atoms. The van der Waals surface area contributed by atoms with Crippen molar-refractivity contribution < 1.29 is 13.2 Å². The molecule has 0 aliphatic heterocycles. The van der Waals surface area contributed by atoms with E-state index in [2.05, 4.69) is 5.32 Å². The fourth-order valence-corrected chi connectivity index (χ4v) is 3.43. The zero-order valence-electron chi connectivity index (χ0n) is 13.3. The van der Waals surface area contributed by atoms with Gasteiger partial charge in [-0.1, -0.05) is 25.1 Å². The van der Waals surface area contributed by atoms with E-state index in [4.69, 9.17) is 4.74 Å². The van der Waals surface area contributed by atoms with Gasteiger partial charge in [-0.3, -0.25) is 0 Å². The summed E-state index contributed by atoms with van der Waals surface area (Å²) < 4.78 is 31.3. The van der Waals surface area contributed by atoms with Crippen molar-refractivity contribution in [3.8, 4) is 5.75 Å². The third-order valence-electron chi connectivity index (χ3n) is 3.55. The maximum atomic E-state index is 12.2. The van der Waals surface area contributed by atoms with Crippen LogP contribution in [0.2, 0.25) is 0 Å². The molecule has 1 aromatic carbocycles. The highest BCUT2D eigenvalue weighted by molar-refractivity contribution is 7.89. The van der Waals surface area contributed by atoms with Crippen molar-refractivity contribution in [2.75, 3.05) is 33.0 Å². The van der Waals surface area contributed by atoms with Crippen LogP contribution >= 0.6 is 0 Å². The molecule has 1 rings (SSSR count). The average molecular weight is 314 g/mol. The van der Waals surface area contributed by atoms with Crippen LogP contribution in [-0.4, -0.2) is 51.8 Å². The second-order valence-electron chi connectivity index (χ2n) is 5.05. The third kappa shape index (κ3) is 5.30. The lowest BCUT2D eigenvalue weighted by molar-refractivity contribution is 0.373. The van der Waals surface area contributed by atoms with E-state index in [0.717, 1.165) is 17.9 Å². The highest BCUT2D eigenvalue weighted by Crippen LogP contribution is 2.21. The molecule has 0 saturated carbocycles.